The van der Waals surface area contributed by atoms with E-state index >= 15 is 4.39 Å². The zero-order valence-corrected chi connectivity index (χ0v) is 17.2. The number of carbonyl (C=O) groups is 1. The summed E-state index contributed by atoms with van der Waals surface area (Å²) in [7, 11) is 0. The Hall–Kier alpha value is -3.28. The summed E-state index contributed by atoms with van der Waals surface area (Å²) in [6.07, 6.45) is 3.79. The fourth-order valence-electron chi connectivity index (χ4n) is 5.03. The van der Waals surface area contributed by atoms with Gasteiger partial charge in [0.25, 0.3) is 0 Å². The molecule has 0 aliphatic carbocycles. The summed E-state index contributed by atoms with van der Waals surface area (Å²) in [6, 6.07) is 16.9. The van der Waals surface area contributed by atoms with Gasteiger partial charge in [0.1, 0.15) is 5.82 Å². The van der Waals surface area contributed by atoms with E-state index in [0.717, 1.165) is 16.0 Å². The molecule has 2 heterocycles. The summed E-state index contributed by atoms with van der Waals surface area (Å²) >= 11 is 0. The molecule has 0 amide bonds. The monoisotopic (exact) mass is 400 g/mol. The van der Waals surface area contributed by atoms with Crippen molar-refractivity contribution < 1.29 is 14.1 Å². The van der Waals surface area contributed by atoms with Gasteiger partial charge in [0, 0.05) is 16.5 Å². The summed E-state index contributed by atoms with van der Waals surface area (Å²) in [6.45, 7) is 5.47. The lowest BCUT2D eigenvalue weighted by molar-refractivity contribution is -0.885. The third-order valence-electron chi connectivity index (χ3n) is 6.37. The van der Waals surface area contributed by atoms with Crippen molar-refractivity contribution in [3.63, 3.8) is 0 Å². The number of Topliss-reactive ketones (excluding diaryl/α,β-unsaturated/α-hetero) is 1. The van der Waals surface area contributed by atoms with Gasteiger partial charge < -0.3 is 0 Å². The number of carbonyl (C=O) groups excluding carboxylic acids is 1. The molecule has 5 heteroatoms. The van der Waals surface area contributed by atoms with E-state index in [4.69, 9.17) is 0 Å². The largest absolute Gasteiger partial charge is 0.292 e. The molecule has 30 heavy (non-hydrogen) atoms. The highest BCUT2D eigenvalue weighted by molar-refractivity contribution is 5.89. The molecule has 1 N–H and O–H groups in total. The molecule has 2 aliphatic rings. The molecule has 2 aromatic rings. The van der Waals surface area contributed by atoms with Gasteiger partial charge in [-0.1, -0.05) is 63.2 Å². The zero-order chi connectivity index (χ0) is 21.7. The average molecular weight is 400 g/mol. The van der Waals surface area contributed by atoms with Gasteiger partial charge in [-0.3, -0.25) is 9.69 Å². The molecule has 1 unspecified atom stereocenters. The van der Waals surface area contributed by atoms with Gasteiger partial charge in [-0.25, -0.2) is 4.39 Å². The summed E-state index contributed by atoms with van der Waals surface area (Å²) in [5, 5.41) is 20.7. The summed E-state index contributed by atoms with van der Waals surface area (Å²) in [4.78, 5) is 14.4. The average Bonchev–Trinajstić information content (AvgIpc) is 3.03. The fourth-order valence-corrected chi connectivity index (χ4v) is 5.03. The normalized spacial score (nSPS) is 26.2. The Morgan fingerprint density at radius 2 is 1.63 bits per heavy atom. The van der Waals surface area contributed by atoms with Crippen molar-refractivity contribution in [2.75, 3.05) is 0 Å². The standard InChI is InChI=1S/C25H22FN3O/c1-24(2,3)23(30)21-20(18-10-6-7-11-19(18)26)25(14-27,15-28)22-17-9-5-4-8-16(17)12-13-29(21)22/h4-13,20-22H,1-3H3/p+1/t20-,21+,22+/m1/s1. The van der Waals surface area contributed by atoms with Crippen molar-refractivity contribution in [2.24, 2.45) is 10.8 Å². The number of nitrogens with one attached hydrogen (secondary N) is 1. The Bertz CT molecular complexity index is 1120. The first-order valence-corrected chi connectivity index (χ1v) is 10.0. The lowest BCUT2D eigenvalue weighted by Crippen LogP contribution is -3.12. The van der Waals surface area contributed by atoms with E-state index in [2.05, 4.69) is 12.1 Å². The van der Waals surface area contributed by atoms with Crippen molar-refractivity contribution in [3.8, 4) is 12.1 Å². The predicted octanol–water partition coefficient (Wildman–Crippen LogP) is 3.55. The third kappa shape index (κ3) is 2.70. The van der Waals surface area contributed by atoms with Gasteiger partial charge in [-0.05, 0) is 17.7 Å². The lowest BCUT2D eigenvalue weighted by atomic mass is 9.66. The molecule has 150 valence electrons. The summed E-state index contributed by atoms with van der Waals surface area (Å²) in [5.74, 6) is -1.48. The minimum atomic E-state index is -1.59. The predicted molar refractivity (Wildman–Crippen MR) is 110 cm³/mol. The number of nitrogens with zero attached hydrogens (tertiary/aromatic N) is 2. The molecule has 4 rings (SSSR count). The Kier molecular flexibility index (Phi) is 4.60. The maximum absolute atomic E-state index is 15.0. The number of halogens is 1. The number of hydrogen-bond acceptors (Lipinski definition) is 3. The molecular formula is C25H23FN3O+. The molecule has 2 aliphatic heterocycles. The van der Waals surface area contributed by atoms with Crippen LogP contribution in [0, 0.1) is 39.3 Å². The van der Waals surface area contributed by atoms with Crippen LogP contribution in [0.15, 0.2) is 54.7 Å². The second-order valence-corrected chi connectivity index (χ2v) is 9.08. The highest BCUT2D eigenvalue weighted by atomic mass is 19.1. The van der Waals surface area contributed by atoms with E-state index in [1.54, 1.807) is 18.2 Å². The molecule has 4 atom stereocenters. The highest BCUT2D eigenvalue weighted by Gasteiger charge is 2.69. The molecule has 0 saturated carbocycles. The van der Waals surface area contributed by atoms with Crippen molar-refractivity contribution in [1.29, 1.82) is 10.5 Å². The van der Waals surface area contributed by atoms with Gasteiger partial charge in [0.15, 0.2) is 17.9 Å². The second-order valence-electron chi connectivity index (χ2n) is 9.08. The minimum Gasteiger partial charge on any atom is -0.292 e. The van der Waals surface area contributed by atoms with Crippen LogP contribution in [0.4, 0.5) is 4.39 Å². The van der Waals surface area contributed by atoms with Crippen LogP contribution in [-0.4, -0.2) is 11.8 Å². The van der Waals surface area contributed by atoms with Gasteiger partial charge >= 0.3 is 0 Å². The summed E-state index contributed by atoms with van der Waals surface area (Å²) in [5.41, 5.74) is -0.307. The van der Waals surface area contributed by atoms with Crippen LogP contribution in [0.25, 0.3) is 6.08 Å². The fraction of sp³-hybridized carbons (Fsp3) is 0.320. The van der Waals surface area contributed by atoms with E-state index < -0.39 is 34.6 Å². The van der Waals surface area contributed by atoms with Crippen molar-refractivity contribution in [3.05, 3.63) is 77.2 Å². The SMILES string of the molecule is CC(C)(C)C(=O)[C@@H]1[C@@H](c2ccccc2F)C(C#N)(C#N)[C@@H]2c3ccccc3C=C[NH+]12. The number of quaternary nitrogens is 1. The highest BCUT2D eigenvalue weighted by Crippen LogP contribution is 2.52. The van der Waals surface area contributed by atoms with E-state index in [-0.39, 0.29) is 11.3 Å². The summed E-state index contributed by atoms with van der Waals surface area (Å²) < 4.78 is 15.0. The molecule has 0 aromatic heterocycles. The smallest absolute Gasteiger partial charge is 0.212 e. The van der Waals surface area contributed by atoms with Gasteiger partial charge in [-0.2, -0.15) is 10.5 Å². The topological polar surface area (TPSA) is 69.1 Å². The first-order valence-electron chi connectivity index (χ1n) is 10.0. The molecule has 1 saturated heterocycles. The minimum absolute atomic E-state index is 0.0906. The number of fused-ring (bicyclic) bond motifs is 3. The van der Waals surface area contributed by atoms with E-state index in [1.807, 2.05) is 57.3 Å². The van der Waals surface area contributed by atoms with E-state index in [9.17, 15) is 15.3 Å². The second kappa shape index (κ2) is 6.90. The molecular weight excluding hydrogens is 377 g/mol. The van der Waals surface area contributed by atoms with Crippen LogP contribution in [0.3, 0.4) is 0 Å². The molecule has 2 aromatic carbocycles. The van der Waals surface area contributed by atoms with E-state index in [0.29, 0.717) is 0 Å². The van der Waals surface area contributed by atoms with Crippen molar-refractivity contribution >= 4 is 11.9 Å². The van der Waals surface area contributed by atoms with Crippen LogP contribution >= 0.6 is 0 Å². The maximum atomic E-state index is 15.0. The van der Waals surface area contributed by atoms with Crippen LogP contribution in [0.2, 0.25) is 0 Å². The van der Waals surface area contributed by atoms with Crippen LogP contribution in [-0.2, 0) is 4.79 Å². The Labute approximate surface area is 175 Å². The molecule has 0 radical (unpaired) electrons. The Morgan fingerprint density at radius 1 is 1.03 bits per heavy atom. The number of nitriles is 2. The lowest BCUT2D eigenvalue weighted by Gasteiger charge is -2.31. The van der Waals surface area contributed by atoms with Gasteiger partial charge in [0.05, 0.1) is 24.3 Å². The van der Waals surface area contributed by atoms with Crippen LogP contribution < -0.4 is 4.90 Å². The number of rotatable bonds is 2. The first kappa shape index (κ1) is 20.0. The molecule has 4 nitrogen and oxygen atoms in total. The maximum Gasteiger partial charge on any atom is 0.212 e. The number of hydrogen-bond donors (Lipinski definition) is 1. The van der Waals surface area contributed by atoms with E-state index in [1.165, 1.54) is 6.07 Å². The Morgan fingerprint density at radius 3 is 2.23 bits per heavy atom. The van der Waals surface area contributed by atoms with Crippen LogP contribution in [0.1, 0.15) is 49.4 Å². The Balaban J connectivity index is 2.05. The quantitative estimate of drug-likeness (QED) is 0.838. The zero-order valence-electron chi connectivity index (χ0n) is 17.2. The van der Waals surface area contributed by atoms with Gasteiger partial charge in [0.2, 0.25) is 5.41 Å². The number of benzene rings is 2. The van der Waals surface area contributed by atoms with Gasteiger partial charge in [-0.15, -0.1) is 0 Å². The van der Waals surface area contributed by atoms with Crippen molar-refractivity contribution in [2.45, 2.75) is 38.8 Å². The van der Waals surface area contributed by atoms with Crippen molar-refractivity contribution in [1.82, 2.24) is 0 Å². The first-order chi connectivity index (χ1) is 14.3. The molecule has 1 fully saturated rings. The number of ketones is 1. The van der Waals surface area contributed by atoms with Crippen LogP contribution in [0.5, 0.6) is 0 Å². The molecule has 0 spiro atoms. The molecule has 0 bridgehead atoms. The third-order valence-corrected chi connectivity index (χ3v) is 6.37.